The van der Waals surface area contributed by atoms with E-state index in [1.165, 1.54) is 0 Å². The first-order valence-electron chi connectivity index (χ1n) is 9.64. The van der Waals surface area contributed by atoms with Crippen LogP contribution < -0.4 is 20.7 Å². The summed E-state index contributed by atoms with van der Waals surface area (Å²) in [7, 11) is 0. The van der Waals surface area contributed by atoms with Gasteiger partial charge in [-0.25, -0.2) is 4.99 Å². The van der Waals surface area contributed by atoms with Crippen LogP contribution in [0.4, 0.5) is 5.69 Å². The summed E-state index contributed by atoms with van der Waals surface area (Å²) in [5.41, 5.74) is 1.38. The fraction of sp³-hybridized carbons (Fsp3) is 0.381. The molecule has 156 valence electrons. The highest BCUT2D eigenvalue weighted by Gasteiger charge is 2.10. The number of carbonyl (C=O) groups is 1. The van der Waals surface area contributed by atoms with E-state index in [4.69, 9.17) is 4.74 Å². The monoisotopic (exact) mass is 399 g/mol. The number of aliphatic hydroxyl groups is 1. The van der Waals surface area contributed by atoms with E-state index < -0.39 is 6.10 Å². The Morgan fingerprint density at radius 3 is 2.59 bits per heavy atom. The Balaban J connectivity index is 1.87. The van der Waals surface area contributed by atoms with Gasteiger partial charge >= 0.3 is 0 Å². The molecule has 0 aliphatic carbocycles. The third-order valence-corrected chi connectivity index (χ3v) is 3.77. The van der Waals surface area contributed by atoms with Crippen molar-refractivity contribution in [1.29, 1.82) is 0 Å². The lowest BCUT2D eigenvalue weighted by atomic mass is 10.1. The van der Waals surface area contributed by atoms with Crippen molar-refractivity contribution < 1.29 is 14.6 Å². The summed E-state index contributed by atoms with van der Waals surface area (Å²) in [4.78, 5) is 20.2. The Labute approximate surface area is 171 Å². The number of hydrogen-bond acceptors (Lipinski definition) is 5. The minimum atomic E-state index is -0.726. The standard InChI is InChI=1S/C21H29N5O3/c1-4-23-21(25-14-20(28)26-17-6-5-11-22-12-17)24-13-19(27)16-7-9-18(10-8-16)29-15(2)3/h5-12,15,19,27H,4,13-14H2,1-3H3,(H,26,28)(H2,23,24,25). The third kappa shape index (κ3) is 8.18. The first kappa shape index (κ1) is 22.2. The minimum absolute atomic E-state index is 0.0540. The predicted molar refractivity (Wildman–Crippen MR) is 114 cm³/mol. The van der Waals surface area contributed by atoms with E-state index in [-0.39, 0.29) is 25.1 Å². The third-order valence-electron chi connectivity index (χ3n) is 3.77. The van der Waals surface area contributed by atoms with Crippen molar-refractivity contribution in [3.63, 3.8) is 0 Å². The molecule has 0 aliphatic heterocycles. The number of amides is 1. The number of aliphatic hydroxyl groups excluding tert-OH is 1. The number of aromatic nitrogens is 1. The van der Waals surface area contributed by atoms with Crippen LogP contribution >= 0.6 is 0 Å². The molecule has 0 bridgehead atoms. The molecule has 0 saturated carbocycles. The van der Waals surface area contributed by atoms with Gasteiger partial charge < -0.3 is 25.8 Å². The molecule has 8 nitrogen and oxygen atoms in total. The molecule has 0 spiro atoms. The number of nitrogens with zero attached hydrogens (tertiary/aromatic N) is 2. The van der Waals surface area contributed by atoms with Gasteiger partial charge in [-0.05, 0) is 50.6 Å². The van der Waals surface area contributed by atoms with Gasteiger partial charge in [0.15, 0.2) is 5.96 Å². The summed E-state index contributed by atoms with van der Waals surface area (Å²) in [5, 5.41) is 19.2. The largest absolute Gasteiger partial charge is 0.491 e. The number of nitrogens with one attached hydrogen (secondary N) is 3. The summed E-state index contributed by atoms with van der Waals surface area (Å²) < 4.78 is 5.61. The van der Waals surface area contributed by atoms with E-state index >= 15 is 0 Å². The van der Waals surface area contributed by atoms with Gasteiger partial charge in [0.05, 0.1) is 24.1 Å². The highest BCUT2D eigenvalue weighted by atomic mass is 16.5. The van der Waals surface area contributed by atoms with Crippen LogP contribution in [0.2, 0.25) is 0 Å². The molecule has 1 amide bonds. The minimum Gasteiger partial charge on any atom is -0.491 e. The number of hydrogen-bond donors (Lipinski definition) is 4. The van der Waals surface area contributed by atoms with E-state index in [9.17, 15) is 9.90 Å². The molecule has 1 atom stereocenters. The number of anilines is 1. The molecule has 1 heterocycles. The molecule has 4 N–H and O–H groups in total. The second kappa shape index (κ2) is 11.7. The van der Waals surface area contributed by atoms with Crippen LogP contribution in [0.3, 0.4) is 0 Å². The van der Waals surface area contributed by atoms with Gasteiger partial charge in [-0.3, -0.25) is 9.78 Å². The van der Waals surface area contributed by atoms with Crippen LogP contribution in [-0.2, 0) is 4.79 Å². The molecule has 0 radical (unpaired) electrons. The van der Waals surface area contributed by atoms with Crippen molar-refractivity contribution in [1.82, 2.24) is 15.6 Å². The molecule has 2 rings (SSSR count). The average Bonchev–Trinajstić information content (AvgIpc) is 2.70. The van der Waals surface area contributed by atoms with Gasteiger partial charge in [0, 0.05) is 19.3 Å². The molecule has 1 aromatic heterocycles. The number of guanidine groups is 1. The second-order valence-electron chi connectivity index (χ2n) is 6.62. The van der Waals surface area contributed by atoms with E-state index in [2.05, 4.69) is 25.9 Å². The average molecular weight is 399 g/mol. The molecule has 0 saturated heterocycles. The highest BCUT2D eigenvalue weighted by molar-refractivity contribution is 5.93. The molecule has 8 heteroatoms. The van der Waals surface area contributed by atoms with E-state index in [1.54, 1.807) is 24.5 Å². The molecule has 1 aromatic carbocycles. The van der Waals surface area contributed by atoms with Crippen molar-refractivity contribution in [2.45, 2.75) is 33.0 Å². The Morgan fingerprint density at radius 2 is 1.97 bits per heavy atom. The molecular formula is C21H29N5O3. The van der Waals surface area contributed by atoms with E-state index in [1.807, 2.05) is 45.0 Å². The maximum Gasteiger partial charge on any atom is 0.246 e. The maximum atomic E-state index is 12.0. The van der Waals surface area contributed by atoms with Crippen LogP contribution in [0, 0.1) is 0 Å². The molecule has 0 aliphatic rings. The fourth-order valence-corrected chi connectivity index (χ4v) is 2.48. The van der Waals surface area contributed by atoms with Crippen LogP contribution in [0.5, 0.6) is 5.75 Å². The van der Waals surface area contributed by atoms with E-state index in [0.29, 0.717) is 18.2 Å². The number of rotatable bonds is 9. The maximum absolute atomic E-state index is 12.0. The topological polar surface area (TPSA) is 108 Å². The van der Waals surface area contributed by atoms with Crippen LogP contribution in [0.25, 0.3) is 0 Å². The van der Waals surface area contributed by atoms with Crippen molar-refractivity contribution in [3.8, 4) is 5.75 Å². The van der Waals surface area contributed by atoms with Gasteiger partial charge in [0.1, 0.15) is 12.3 Å². The lowest BCUT2D eigenvalue weighted by molar-refractivity contribution is -0.114. The zero-order valence-electron chi connectivity index (χ0n) is 17.1. The van der Waals surface area contributed by atoms with Crippen molar-refractivity contribution in [2.75, 3.05) is 25.0 Å². The normalized spacial score (nSPS) is 12.4. The summed E-state index contributed by atoms with van der Waals surface area (Å²) in [6.07, 6.45) is 2.58. The zero-order chi connectivity index (χ0) is 21.1. The van der Waals surface area contributed by atoms with Crippen LogP contribution in [0.1, 0.15) is 32.4 Å². The Kier molecular flexibility index (Phi) is 8.91. The lowest BCUT2D eigenvalue weighted by Crippen LogP contribution is -2.40. The number of aliphatic imine (C=N–C) groups is 1. The summed E-state index contributed by atoms with van der Waals surface area (Å²) in [6, 6.07) is 10.8. The molecule has 2 aromatic rings. The quantitative estimate of drug-likeness (QED) is 0.380. The molecule has 29 heavy (non-hydrogen) atoms. The van der Waals surface area contributed by atoms with Crippen molar-refractivity contribution >= 4 is 17.6 Å². The predicted octanol–water partition coefficient (Wildman–Crippen LogP) is 2.10. The molecule has 1 unspecified atom stereocenters. The molecule has 0 fully saturated rings. The summed E-state index contributed by atoms with van der Waals surface area (Å²) >= 11 is 0. The first-order valence-corrected chi connectivity index (χ1v) is 9.64. The summed E-state index contributed by atoms with van der Waals surface area (Å²) in [5.74, 6) is 0.961. The van der Waals surface area contributed by atoms with Gasteiger partial charge in [-0.2, -0.15) is 0 Å². The number of pyridine rings is 1. The second-order valence-corrected chi connectivity index (χ2v) is 6.62. The van der Waals surface area contributed by atoms with Crippen molar-refractivity contribution in [3.05, 3.63) is 54.4 Å². The molecular weight excluding hydrogens is 370 g/mol. The lowest BCUT2D eigenvalue weighted by Gasteiger charge is -2.16. The number of carbonyl (C=O) groups excluding carboxylic acids is 1. The van der Waals surface area contributed by atoms with Gasteiger partial charge in [-0.1, -0.05) is 12.1 Å². The Hall–Kier alpha value is -3.13. The fourth-order valence-electron chi connectivity index (χ4n) is 2.48. The Morgan fingerprint density at radius 1 is 1.21 bits per heavy atom. The van der Waals surface area contributed by atoms with Gasteiger partial charge in [0.25, 0.3) is 0 Å². The Bertz CT molecular complexity index is 779. The number of ether oxygens (including phenoxy) is 1. The number of benzene rings is 1. The van der Waals surface area contributed by atoms with Crippen LogP contribution in [-0.4, -0.2) is 47.7 Å². The zero-order valence-corrected chi connectivity index (χ0v) is 17.1. The smallest absolute Gasteiger partial charge is 0.246 e. The SMILES string of the molecule is CCNC(=NCC(=O)Nc1cccnc1)NCC(O)c1ccc(OC(C)C)cc1. The van der Waals surface area contributed by atoms with E-state index in [0.717, 1.165) is 11.3 Å². The van der Waals surface area contributed by atoms with Gasteiger partial charge in [-0.15, -0.1) is 0 Å². The van der Waals surface area contributed by atoms with Crippen molar-refractivity contribution in [2.24, 2.45) is 4.99 Å². The van der Waals surface area contributed by atoms with Gasteiger partial charge in [0.2, 0.25) is 5.91 Å². The van der Waals surface area contributed by atoms with Crippen LogP contribution in [0.15, 0.2) is 53.8 Å². The highest BCUT2D eigenvalue weighted by Crippen LogP contribution is 2.18. The summed E-state index contributed by atoms with van der Waals surface area (Å²) in [6.45, 7) is 6.68. The first-order chi connectivity index (χ1) is 14.0.